The molecule has 0 aliphatic rings. The summed E-state index contributed by atoms with van der Waals surface area (Å²) in [6, 6.07) is 5.88. The Labute approximate surface area is 77.8 Å². The van der Waals surface area contributed by atoms with Crippen LogP contribution < -0.4 is 0 Å². The molecule has 0 bridgehead atoms. The Balaban J connectivity index is 2.10. The molecule has 1 rings (SSSR count). The summed E-state index contributed by atoms with van der Waals surface area (Å²) >= 11 is 0. The van der Waals surface area contributed by atoms with Crippen LogP contribution in [0.4, 0.5) is 0 Å². The van der Waals surface area contributed by atoms with Crippen molar-refractivity contribution >= 4 is 6.47 Å². The maximum absolute atomic E-state index is 9.80. The highest BCUT2D eigenvalue weighted by molar-refractivity contribution is 5.36. The van der Waals surface area contributed by atoms with Gasteiger partial charge in [-0.15, -0.1) is 0 Å². The van der Waals surface area contributed by atoms with E-state index in [1.54, 1.807) is 6.20 Å². The van der Waals surface area contributed by atoms with Crippen LogP contribution in [-0.4, -0.2) is 18.1 Å². The summed E-state index contributed by atoms with van der Waals surface area (Å²) in [6.45, 7) is 0.997. The molecule has 13 heavy (non-hydrogen) atoms. The molecule has 1 aromatic heterocycles. The van der Waals surface area contributed by atoms with Crippen LogP contribution in [0, 0.1) is 0 Å². The van der Waals surface area contributed by atoms with E-state index in [1.807, 2.05) is 18.2 Å². The number of hydrogen-bond acceptors (Lipinski definition) is 3. The zero-order chi connectivity index (χ0) is 9.36. The molecule has 70 valence electrons. The van der Waals surface area contributed by atoms with Crippen molar-refractivity contribution in [2.45, 2.75) is 19.3 Å². The average Bonchev–Trinajstić information content (AvgIpc) is 2.19. The number of aromatic nitrogens is 1. The number of hydrogen-bond donors (Lipinski definition) is 0. The highest BCUT2D eigenvalue weighted by Crippen LogP contribution is 2.00. The number of carbonyl (C=O) groups is 1. The Morgan fingerprint density at radius 2 is 2.31 bits per heavy atom. The van der Waals surface area contributed by atoms with Crippen molar-refractivity contribution in [1.29, 1.82) is 0 Å². The topological polar surface area (TPSA) is 39.2 Å². The number of unbranched alkanes of at least 4 members (excludes halogenated alkanes) is 1. The summed E-state index contributed by atoms with van der Waals surface area (Å²) in [6.07, 6.45) is 4.64. The number of nitrogens with zero attached hydrogens (tertiary/aromatic N) is 1. The lowest BCUT2D eigenvalue weighted by molar-refractivity contribution is -0.128. The minimum absolute atomic E-state index is 0.487. The molecule has 0 aliphatic heterocycles. The highest BCUT2D eigenvalue weighted by atomic mass is 16.5. The summed E-state index contributed by atoms with van der Waals surface area (Å²) in [7, 11) is 0. The Hall–Kier alpha value is -1.38. The van der Waals surface area contributed by atoms with Crippen molar-refractivity contribution in [2.75, 3.05) is 6.61 Å². The van der Waals surface area contributed by atoms with E-state index in [0.29, 0.717) is 13.1 Å². The molecule has 3 heteroatoms. The van der Waals surface area contributed by atoms with Crippen LogP contribution in [0.15, 0.2) is 24.4 Å². The number of rotatable bonds is 6. The molecular formula is C10H13NO2. The number of pyridine rings is 1. The van der Waals surface area contributed by atoms with Crippen LogP contribution >= 0.6 is 0 Å². The van der Waals surface area contributed by atoms with E-state index in [9.17, 15) is 4.79 Å². The van der Waals surface area contributed by atoms with Gasteiger partial charge in [0.25, 0.3) is 6.47 Å². The first-order valence-corrected chi connectivity index (χ1v) is 4.38. The summed E-state index contributed by atoms with van der Waals surface area (Å²) < 4.78 is 4.57. The monoisotopic (exact) mass is 179 g/mol. The molecular weight excluding hydrogens is 166 g/mol. The SMILES string of the molecule is O=COCCCCc1ccccn1. The van der Waals surface area contributed by atoms with Gasteiger partial charge in [0.15, 0.2) is 0 Å². The van der Waals surface area contributed by atoms with Gasteiger partial charge in [-0.05, 0) is 31.4 Å². The van der Waals surface area contributed by atoms with Crippen LogP contribution in [0.3, 0.4) is 0 Å². The molecule has 0 aliphatic carbocycles. The molecule has 1 heterocycles. The first-order chi connectivity index (χ1) is 6.43. The third-order valence-electron chi connectivity index (χ3n) is 1.74. The van der Waals surface area contributed by atoms with Crippen molar-refractivity contribution in [3.8, 4) is 0 Å². The maximum atomic E-state index is 9.80. The largest absolute Gasteiger partial charge is 0.468 e. The minimum atomic E-state index is 0.487. The molecule has 0 spiro atoms. The van der Waals surface area contributed by atoms with Crippen LogP contribution in [0.1, 0.15) is 18.5 Å². The first-order valence-electron chi connectivity index (χ1n) is 4.38. The van der Waals surface area contributed by atoms with E-state index < -0.39 is 0 Å². The van der Waals surface area contributed by atoms with Gasteiger partial charge in [-0.1, -0.05) is 6.07 Å². The summed E-state index contributed by atoms with van der Waals surface area (Å²) in [4.78, 5) is 14.0. The highest BCUT2D eigenvalue weighted by Gasteiger charge is 1.92. The summed E-state index contributed by atoms with van der Waals surface area (Å²) in [5.74, 6) is 0. The Morgan fingerprint density at radius 1 is 1.38 bits per heavy atom. The van der Waals surface area contributed by atoms with Gasteiger partial charge in [0.05, 0.1) is 6.61 Å². The molecule has 0 unspecified atom stereocenters. The van der Waals surface area contributed by atoms with Crippen molar-refractivity contribution in [3.63, 3.8) is 0 Å². The number of ether oxygens (including phenoxy) is 1. The molecule has 0 N–H and O–H groups in total. The van der Waals surface area contributed by atoms with Gasteiger partial charge in [-0.25, -0.2) is 0 Å². The van der Waals surface area contributed by atoms with E-state index in [2.05, 4.69) is 9.72 Å². The second kappa shape index (κ2) is 6.17. The van der Waals surface area contributed by atoms with E-state index in [0.717, 1.165) is 25.0 Å². The van der Waals surface area contributed by atoms with Gasteiger partial charge in [-0.2, -0.15) is 0 Å². The van der Waals surface area contributed by atoms with Gasteiger partial charge >= 0.3 is 0 Å². The van der Waals surface area contributed by atoms with Crippen molar-refractivity contribution < 1.29 is 9.53 Å². The second-order valence-corrected chi connectivity index (χ2v) is 2.75. The molecule has 0 amide bonds. The van der Waals surface area contributed by atoms with E-state index >= 15 is 0 Å². The normalized spacial score (nSPS) is 9.54. The van der Waals surface area contributed by atoms with E-state index in [-0.39, 0.29) is 0 Å². The van der Waals surface area contributed by atoms with Crippen LogP contribution in [0.25, 0.3) is 0 Å². The predicted molar refractivity (Wildman–Crippen MR) is 49.2 cm³/mol. The predicted octanol–water partition coefficient (Wildman–Crippen LogP) is 1.58. The van der Waals surface area contributed by atoms with Crippen molar-refractivity contribution in [1.82, 2.24) is 4.98 Å². The van der Waals surface area contributed by atoms with Crippen LogP contribution in [0.2, 0.25) is 0 Å². The summed E-state index contributed by atoms with van der Waals surface area (Å²) in [5.41, 5.74) is 1.09. The number of aryl methyl sites for hydroxylation is 1. The molecule has 0 aromatic carbocycles. The van der Waals surface area contributed by atoms with Gasteiger partial charge in [-0.3, -0.25) is 9.78 Å². The van der Waals surface area contributed by atoms with Gasteiger partial charge in [0.1, 0.15) is 0 Å². The lowest BCUT2D eigenvalue weighted by Gasteiger charge is -1.99. The maximum Gasteiger partial charge on any atom is 0.293 e. The molecule has 0 radical (unpaired) electrons. The molecule has 1 aromatic rings. The molecule has 0 atom stereocenters. The Bertz CT molecular complexity index is 236. The standard InChI is InChI=1S/C10H13NO2/c12-9-13-8-4-2-6-10-5-1-3-7-11-10/h1,3,5,7,9H,2,4,6,8H2. The zero-order valence-corrected chi connectivity index (χ0v) is 7.48. The molecule has 0 saturated heterocycles. The third-order valence-corrected chi connectivity index (χ3v) is 1.74. The fraction of sp³-hybridized carbons (Fsp3) is 0.400. The fourth-order valence-corrected chi connectivity index (χ4v) is 1.09. The molecule has 0 fully saturated rings. The van der Waals surface area contributed by atoms with Crippen LogP contribution in [-0.2, 0) is 16.0 Å². The lowest BCUT2D eigenvalue weighted by atomic mass is 10.2. The van der Waals surface area contributed by atoms with Gasteiger partial charge in [0, 0.05) is 11.9 Å². The van der Waals surface area contributed by atoms with Crippen molar-refractivity contribution in [2.24, 2.45) is 0 Å². The first kappa shape index (κ1) is 9.71. The van der Waals surface area contributed by atoms with Crippen LogP contribution in [0.5, 0.6) is 0 Å². The van der Waals surface area contributed by atoms with Gasteiger partial charge in [0.2, 0.25) is 0 Å². The zero-order valence-electron chi connectivity index (χ0n) is 7.48. The lowest BCUT2D eigenvalue weighted by Crippen LogP contribution is -1.94. The van der Waals surface area contributed by atoms with E-state index in [4.69, 9.17) is 0 Å². The second-order valence-electron chi connectivity index (χ2n) is 2.75. The smallest absolute Gasteiger partial charge is 0.293 e. The molecule has 0 saturated carbocycles. The summed E-state index contributed by atoms with van der Waals surface area (Å²) in [5, 5.41) is 0. The molecule has 3 nitrogen and oxygen atoms in total. The third kappa shape index (κ3) is 4.25. The fourth-order valence-electron chi connectivity index (χ4n) is 1.09. The Morgan fingerprint density at radius 3 is 3.00 bits per heavy atom. The minimum Gasteiger partial charge on any atom is -0.468 e. The van der Waals surface area contributed by atoms with Crippen molar-refractivity contribution in [3.05, 3.63) is 30.1 Å². The number of carbonyl (C=O) groups excluding carboxylic acids is 1. The van der Waals surface area contributed by atoms with Gasteiger partial charge < -0.3 is 4.74 Å². The quantitative estimate of drug-likeness (QED) is 0.491. The average molecular weight is 179 g/mol. The van der Waals surface area contributed by atoms with E-state index in [1.165, 1.54) is 0 Å². The Kier molecular flexibility index (Phi) is 4.61.